The highest BCUT2D eigenvalue weighted by Crippen LogP contribution is 2.41. The van der Waals surface area contributed by atoms with Gasteiger partial charge in [0, 0.05) is 18.3 Å². The summed E-state index contributed by atoms with van der Waals surface area (Å²) in [4.78, 5) is 16.3. The molecule has 8 heteroatoms. The molecule has 3 heterocycles. The largest absolute Gasteiger partial charge is 0.370 e. The highest BCUT2D eigenvalue weighted by molar-refractivity contribution is 5.81. The first-order valence-electron chi connectivity index (χ1n) is 6.72. The molecule has 21 heavy (non-hydrogen) atoms. The van der Waals surface area contributed by atoms with Crippen LogP contribution >= 0.6 is 0 Å². The summed E-state index contributed by atoms with van der Waals surface area (Å²) in [5.41, 5.74) is 0.374. The van der Waals surface area contributed by atoms with E-state index in [4.69, 9.17) is 0 Å². The molecule has 3 rings (SSSR count). The summed E-state index contributed by atoms with van der Waals surface area (Å²) >= 11 is 0. The molecule has 3 unspecified atom stereocenters. The molecule has 112 valence electrons. The van der Waals surface area contributed by atoms with Crippen molar-refractivity contribution in [2.45, 2.75) is 32.5 Å². The van der Waals surface area contributed by atoms with Gasteiger partial charge in [-0.25, -0.2) is 4.68 Å². The second kappa shape index (κ2) is 4.39. The van der Waals surface area contributed by atoms with Crippen LogP contribution in [0.5, 0.6) is 0 Å². The minimum Gasteiger partial charge on any atom is -0.370 e. The summed E-state index contributed by atoms with van der Waals surface area (Å²) in [7, 11) is 1.84. The molecule has 0 saturated carbocycles. The number of anilines is 1. The van der Waals surface area contributed by atoms with Crippen molar-refractivity contribution >= 4 is 11.7 Å². The minimum absolute atomic E-state index is 0.123. The lowest BCUT2D eigenvalue weighted by atomic mass is 9.81. The molecule has 1 aliphatic heterocycles. The molecular formula is C13H18N6O2. The van der Waals surface area contributed by atoms with Gasteiger partial charge in [0.25, 0.3) is 0 Å². The molecule has 0 radical (unpaired) electrons. The third kappa shape index (κ3) is 1.94. The highest BCUT2D eigenvalue weighted by atomic mass is 16.3. The molecule has 1 aliphatic rings. The number of nitrogens with zero attached hydrogens (tertiary/aromatic N) is 5. The number of Topliss-reactive ketones (excluding diaryl/α,β-unsaturated/α-hetero) is 1. The Hall–Kier alpha value is -2.22. The lowest BCUT2D eigenvalue weighted by Gasteiger charge is -2.41. The normalized spacial score (nSPS) is 28.0. The summed E-state index contributed by atoms with van der Waals surface area (Å²) in [6.45, 7) is 4.98. The van der Waals surface area contributed by atoms with E-state index in [9.17, 15) is 9.90 Å². The van der Waals surface area contributed by atoms with Gasteiger partial charge in [-0.15, -0.1) is 0 Å². The van der Waals surface area contributed by atoms with Gasteiger partial charge in [-0.1, -0.05) is 0 Å². The number of hydrogen-bond donors (Lipinski definition) is 2. The minimum atomic E-state index is -1.40. The van der Waals surface area contributed by atoms with Crippen LogP contribution in [0.4, 0.5) is 5.95 Å². The predicted octanol–water partition coefficient (Wildman–Crippen LogP) is 0.249. The Morgan fingerprint density at radius 3 is 2.76 bits per heavy atom. The van der Waals surface area contributed by atoms with E-state index in [1.165, 1.54) is 13.3 Å². The van der Waals surface area contributed by atoms with Crippen LogP contribution in [-0.2, 0) is 11.8 Å². The number of aromatic nitrogens is 5. The zero-order valence-corrected chi connectivity index (χ0v) is 12.4. The number of ketones is 1. The molecule has 8 nitrogen and oxygen atoms in total. The lowest BCUT2D eigenvalue weighted by molar-refractivity contribution is -0.130. The van der Waals surface area contributed by atoms with Gasteiger partial charge in [0.05, 0.1) is 18.2 Å². The molecular weight excluding hydrogens is 272 g/mol. The Kier molecular flexibility index (Phi) is 2.87. The van der Waals surface area contributed by atoms with Gasteiger partial charge in [0.2, 0.25) is 5.95 Å². The second-order valence-electron chi connectivity index (χ2n) is 5.64. The van der Waals surface area contributed by atoms with E-state index in [0.717, 1.165) is 11.3 Å². The monoisotopic (exact) mass is 290 g/mol. The van der Waals surface area contributed by atoms with Gasteiger partial charge in [-0.3, -0.25) is 9.48 Å². The van der Waals surface area contributed by atoms with Crippen LogP contribution in [0.3, 0.4) is 0 Å². The van der Waals surface area contributed by atoms with Crippen molar-refractivity contribution in [2.24, 2.45) is 13.0 Å². The van der Waals surface area contributed by atoms with Crippen molar-refractivity contribution in [3.63, 3.8) is 0 Å². The first kappa shape index (κ1) is 13.7. The Morgan fingerprint density at radius 2 is 2.19 bits per heavy atom. The van der Waals surface area contributed by atoms with E-state index in [0.29, 0.717) is 5.95 Å². The third-order valence-corrected chi connectivity index (χ3v) is 4.15. The van der Waals surface area contributed by atoms with Gasteiger partial charge >= 0.3 is 0 Å². The fraction of sp³-hybridized carbons (Fsp3) is 0.538. The molecule has 2 N–H and O–H groups in total. The maximum absolute atomic E-state index is 12.2. The molecule has 0 spiro atoms. The standard InChI is InChI=1S/C13H18N6O2/c1-7-9(5-15-18(7)4)11-10(8(2)20)13(3,21)17-12-14-6-16-19(11)12/h5-6,10-11,21H,1-4H3,(H,14,16,17). The SMILES string of the molecule is CC(=O)C1C(c2cnn(C)c2C)n2ncnc2NC1(C)O. The second-order valence-corrected chi connectivity index (χ2v) is 5.64. The number of fused-ring (bicyclic) bond motifs is 1. The maximum Gasteiger partial charge on any atom is 0.223 e. The zero-order valence-electron chi connectivity index (χ0n) is 12.4. The van der Waals surface area contributed by atoms with Gasteiger partial charge in [-0.05, 0) is 20.8 Å². The molecule has 2 aromatic heterocycles. The average Bonchev–Trinajstić information content (AvgIpc) is 2.94. The molecule has 0 bridgehead atoms. The average molecular weight is 290 g/mol. The van der Waals surface area contributed by atoms with Gasteiger partial charge in [-0.2, -0.15) is 15.2 Å². The van der Waals surface area contributed by atoms with E-state index >= 15 is 0 Å². The van der Waals surface area contributed by atoms with E-state index in [1.54, 1.807) is 22.5 Å². The molecule has 0 aromatic carbocycles. The highest BCUT2D eigenvalue weighted by Gasteiger charge is 2.49. The molecule has 0 fully saturated rings. The zero-order chi connectivity index (χ0) is 15.4. The number of aliphatic hydroxyl groups is 1. The van der Waals surface area contributed by atoms with Crippen molar-refractivity contribution < 1.29 is 9.90 Å². The Labute approximate surface area is 121 Å². The van der Waals surface area contributed by atoms with E-state index in [-0.39, 0.29) is 5.78 Å². The summed E-state index contributed by atoms with van der Waals surface area (Å²) < 4.78 is 3.37. The number of rotatable bonds is 2. The Morgan fingerprint density at radius 1 is 1.48 bits per heavy atom. The fourth-order valence-electron chi connectivity index (χ4n) is 3.03. The van der Waals surface area contributed by atoms with Gasteiger partial charge in [0.15, 0.2) is 0 Å². The number of nitrogens with one attached hydrogen (secondary N) is 1. The van der Waals surface area contributed by atoms with Crippen LogP contribution in [0.25, 0.3) is 0 Å². The van der Waals surface area contributed by atoms with Crippen LogP contribution in [0.1, 0.15) is 31.1 Å². The van der Waals surface area contributed by atoms with Crippen LogP contribution < -0.4 is 5.32 Å². The van der Waals surface area contributed by atoms with E-state index < -0.39 is 17.7 Å². The molecule has 0 saturated heterocycles. The molecule has 0 aliphatic carbocycles. The van der Waals surface area contributed by atoms with E-state index in [1.807, 2.05) is 14.0 Å². The first-order valence-corrected chi connectivity index (χ1v) is 6.72. The fourth-order valence-corrected chi connectivity index (χ4v) is 3.03. The van der Waals surface area contributed by atoms with Crippen molar-refractivity contribution in [1.29, 1.82) is 0 Å². The maximum atomic E-state index is 12.2. The van der Waals surface area contributed by atoms with Crippen LogP contribution in [0.15, 0.2) is 12.5 Å². The number of carbonyl (C=O) groups is 1. The van der Waals surface area contributed by atoms with Crippen molar-refractivity contribution in [2.75, 3.05) is 5.32 Å². The van der Waals surface area contributed by atoms with E-state index in [2.05, 4.69) is 20.5 Å². The Bertz CT molecular complexity index is 701. The number of carbonyl (C=O) groups excluding carboxylic acids is 1. The molecule has 3 atom stereocenters. The smallest absolute Gasteiger partial charge is 0.223 e. The third-order valence-electron chi connectivity index (χ3n) is 4.15. The molecule has 0 amide bonds. The number of aryl methyl sites for hydroxylation is 1. The first-order chi connectivity index (χ1) is 9.83. The van der Waals surface area contributed by atoms with Crippen LogP contribution in [0, 0.1) is 12.8 Å². The summed E-state index contributed by atoms with van der Waals surface area (Å²) in [5, 5.41) is 22.0. The van der Waals surface area contributed by atoms with Crippen LogP contribution in [-0.4, -0.2) is 41.2 Å². The predicted molar refractivity (Wildman–Crippen MR) is 74.5 cm³/mol. The summed E-state index contributed by atoms with van der Waals surface area (Å²) in [6.07, 6.45) is 3.11. The van der Waals surface area contributed by atoms with Gasteiger partial charge < -0.3 is 10.4 Å². The van der Waals surface area contributed by atoms with Crippen LogP contribution in [0.2, 0.25) is 0 Å². The van der Waals surface area contributed by atoms with Crippen molar-refractivity contribution in [3.05, 3.63) is 23.8 Å². The number of hydrogen-bond acceptors (Lipinski definition) is 6. The summed E-state index contributed by atoms with van der Waals surface area (Å²) in [6, 6.07) is -0.440. The van der Waals surface area contributed by atoms with Crippen molar-refractivity contribution in [1.82, 2.24) is 24.5 Å². The van der Waals surface area contributed by atoms with Gasteiger partial charge in [0.1, 0.15) is 17.8 Å². The van der Waals surface area contributed by atoms with Crippen molar-refractivity contribution in [3.8, 4) is 0 Å². The quantitative estimate of drug-likeness (QED) is 0.822. The Balaban J connectivity index is 2.23. The molecule has 2 aromatic rings. The topological polar surface area (TPSA) is 97.9 Å². The lowest BCUT2D eigenvalue weighted by Crippen LogP contribution is -2.54. The summed E-state index contributed by atoms with van der Waals surface area (Å²) in [5.74, 6) is -0.373.